The van der Waals surface area contributed by atoms with Crippen molar-refractivity contribution in [1.82, 2.24) is 14.9 Å². The van der Waals surface area contributed by atoms with Crippen LogP contribution in [-0.4, -0.2) is 86.2 Å². The summed E-state index contributed by atoms with van der Waals surface area (Å²) in [6, 6.07) is 7.97. The second kappa shape index (κ2) is 14.0. The molecule has 1 aromatic heterocycles. The molecule has 0 radical (unpaired) electrons. The molecule has 2 aromatic carbocycles. The summed E-state index contributed by atoms with van der Waals surface area (Å²) in [6.45, 7) is 0.361. The largest absolute Gasteiger partial charge is 0.481 e. The highest BCUT2D eigenvalue weighted by Crippen LogP contribution is 2.21. The van der Waals surface area contributed by atoms with Crippen LogP contribution in [0.25, 0.3) is 10.9 Å². The number of rotatable bonds is 14. The molecule has 15 heteroatoms. The fraction of sp³-hybridized carbons (Fsp3) is 0.321. The number of fused-ring (bicyclic) bond motifs is 1. The van der Waals surface area contributed by atoms with Gasteiger partial charge in [0.25, 0.3) is 17.5 Å². The number of aromatic amines is 1. The average molecular weight is 598 g/mol. The third-order valence-corrected chi connectivity index (χ3v) is 6.62. The fourth-order valence-electron chi connectivity index (χ4n) is 4.30. The highest BCUT2D eigenvalue weighted by molar-refractivity contribution is 6.07. The maximum atomic E-state index is 13.4. The summed E-state index contributed by atoms with van der Waals surface area (Å²) in [5.41, 5.74) is 6.93. The zero-order valence-corrected chi connectivity index (χ0v) is 23.4. The molecular formula is C28H31N5O10. The minimum absolute atomic E-state index is 0.0492. The zero-order chi connectivity index (χ0) is 31.8. The molecule has 0 aliphatic heterocycles. The van der Waals surface area contributed by atoms with Gasteiger partial charge in [-0.25, -0.2) is 4.79 Å². The molecule has 2 amide bonds. The number of imide groups is 1. The van der Waals surface area contributed by atoms with E-state index >= 15 is 0 Å². The molecule has 6 N–H and O–H groups in total. The van der Waals surface area contributed by atoms with Crippen molar-refractivity contribution in [3.63, 3.8) is 0 Å². The number of H-pyrrole nitrogens is 1. The number of aromatic nitrogens is 2. The standard InChI is InChI=1S/C28H31N5O10/c1-32(14-15-3-9-20-18(13-15)24(37)31-28(30-20)43-2)17-6-4-16(5-7-17)25(38)33(21(27(41)42)10-12-23(35)36)22(34)11-8-19(29)26(39)40/h3-7,9,13,19,21H,8,10-12,14,29H2,1-2H3,(H,35,36)(H,39,40)(H,41,42)(H,30,31,37)/t19-,21+/m0/s1. The molecule has 15 nitrogen and oxygen atoms in total. The van der Waals surface area contributed by atoms with E-state index in [1.165, 1.54) is 19.2 Å². The van der Waals surface area contributed by atoms with Crippen LogP contribution in [0.2, 0.25) is 0 Å². The fourth-order valence-corrected chi connectivity index (χ4v) is 4.30. The third-order valence-electron chi connectivity index (χ3n) is 6.62. The number of carbonyl (C=O) groups is 5. The number of benzene rings is 2. The minimum Gasteiger partial charge on any atom is -0.481 e. The van der Waals surface area contributed by atoms with Crippen LogP contribution >= 0.6 is 0 Å². The number of methoxy groups -OCH3 is 1. The second-order valence-corrected chi connectivity index (χ2v) is 9.67. The Kier molecular flexibility index (Phi) is 10.5. The number of hydrogen-bond donors (Lipinski definition) is 5. The number of hydrogen-bond acceptors (Lipinski definition) is 10. The van der Waals surface area contributed by atoms with Crippen LogP contribution in [0, 0.1) is 0 Å². The number of nitrogens with zero attached hydrogens (tertiary/aromatic N) is 3. The van der Waals surface area contributed by atoms with Gasteiger partial charge in [-0.1, -0.05) is 6.07 Å². The van der Waals surface area contributed by atoms with Gasteiger partial charge in [0.2, 0.25) is 5.91 Å². The first kappa shape index (κ1) is 32.2. The van der Waals surface area contributed by atoms with Crippen molar-refractivity contribution in [1.29, 1.82) is 0 Å². The molecule has 0 spiro atoms. The molecule has 0 saturated carbocycles. The summed E-state index contributed by atoms with van der Waals surface area (Å²) < 4.78 is 4.99. The van der Waals surface area contributed by atoms with E-state index in [1.54, 1.807) is 37.4 Å². The number of amides is 2. The monoisotopic (exact) mass is 597 g/mol. The highest BCUT2D eigenvalue weighted by atomic mass is 16.5. The molecule has 2 atom stereocenters. The minimum atomic E-state index is -1.80. The van der Waals surface area contributed by atoms with E-state index < -0.39 is 61.1 Å². The maximum Gasteiger partial charge on any atom is 0.326 e. The van der Waals surface area contributed by atoms with Crippen molar-refractivity contribution < 1.29 is 44.0 Å². The van der Waals surface area contributed by atoms with Crippen molar-refractivity contribution in [3.05, 3.63) is 63.9 Å². The molecule has 43 heavy (non-hydrogen) atoms. The first-order valence-electron chi connectivity index (χ1n) is 13.0. The summed E-state index contributed by atoms with van der Waals surface area (Å²) in [4.78, 5) is 82.0. The molecule has 0 bridgehead atoms. The first-order valence-corrected chi connectivity index (χ1v) is 13.0. The number of nitrogens with two attached hydrogens (primary N) is 1. The number of carbonyl (C=O) groups excluding carboxylic acids is 2. The molecule has 0 unspecified atom stereocenters. The number of anilines is 1. The van der Waals surface area contributed by atoms with E-state index in [4.69, 9.17) is 20.7 Å². The van der Waals surface area contributed by atoms with Gasteiger partial charge in [-0.05, 0) is 54.8 Å². The van der Waals surface area contributed by atoms with Crippen molar-refractivity contribution in [2.75, 3.05) is 19.1 Å². The Bertz CT molecular complexity index is 1590. The Morgan fingerprint density at radius 1 is 0.977 bits per heavy atom. The van der Waals surface area contributed by atoms with Crippen molar-refractivity contribution >= 4 is 46.3 Å². The predicted octanol–water partition coefficient (Wildman–Crippen LogP) is 1.05. The lowest BCUT2D eigenvalue weighted by atomic mass is 10.0. The van der Waals surface area contributed by atoms with E-state index in [0.29, 0.717) is 28.0 Å². The zero-order valence-electron chi connectivity index (χ0n) is 23.4. The van der Waals surface area contributed by atoms with Gasteiger partial charge < -0.3 is 30.7 Å². The van der Waals surface area contributed by atoms with Crippen molar-refractivity contribution in [2.45, 2.75) is 44.3 Å². The molecule has 1 heterocycles. The van der Waals surface area contributed by atoms with E-state index in [-0.39, 0.29) is 23.6 Å². The highest BCUT2D eigenvalue weighted by Gasteiger charge is 2.35. The average Bonchev–Trinajstić information content (AvgIpc) is 2.97. The van der Waals surface area contributed by atoms with Gasteiger partial charge in [0.15, 0.2) is 0 Å². The van der Waals surface area contributed by atoms with Gasteiger partial charge >= 0.3 is 17.9 Å². The lowest BCUT2D eigenvalue weighted by Gasteiger charge is -2.28. The maximum absolute atomic E-state index is 13.4. The summed E-state index contributed by atoms with van der Waals surface area (Å²) in [5, 5.41) is 28.2. The van der Waals surface area contributed by atoms with Crippen molar-refractivity contribution in [3.8, 4) is 6.01 Å². The van der Waals surface area contributed by atoms with Crippen LogP contribution in [0.1, 0.15) is 41.6 Å². The molecule has 3 rings (SSSR count). The van der Waals surface area contributed by atoms with Crippen molar-refractivity contribution in [2.24, 2.45) is 5.73 Å². The smallest absolute Gasteiger partial charge is 0.326 e. The summed E-state index contributed by atoms with van der Waals surface area (Å²) in [5.74, 6) is -6.28. The van der Waals surface area contributed by atoms with Crippen LogP contribution in [0.15, 0.2) is 47.3 Å². The number of carboxylic acids is 3. The molecular weight excluding hydrogens is 566 g/mol. The number of carboxylic acid groups (broad SMARTS) is 3. The van der Waals surface area contributed by atoms with E-state index in [1.807, 2.05) is 4.90 Å². The van der Waals surface area contributed by atoms with Gasteiger partial charge in [0.05, 0.1) is 18.0 Å². The van der Waals surface area contributed by atoms with Gasteiger partial charge in [0, 0.05) is 37.7 Å². The second-order valence-electron chi connectivity index (χ2n) is 9.67. The summed E-state index contributed by atoms with van der Waals surface area (Å²) in [6.07, 6.45) is -2.09. The van der Waals surface area contributed by atoms with Crippen LogP contribution < -0.4 is 20.9 Å². The number of ether oxygens (including phenoxy) is 1. The summed E-state index contributed by atoms with van der Waals surface area (Å²) >= 11 is 0. The van der Waals surface area contributed by atoms with E-state index in [0.717, 1.165) is 5.56 Å². The predicted molar refractivity (Wildman–Crippen MR) is 152 cm³/mol. The van der Waals surface area contributed by atoms with Crippen LogP contribution in [0.4, 0.5) is 5.69 Å². The van der Waals surface area contributed by atoms with Gasteiger partial charge in [-0.15, -0.1) is 0 Å². The Morgan fingerprint density at radius 2 is 1.65 bits per heavy atom. The van der Waals surface area contributed by atoms with Crippen LogP contribution in [-0.2, 0) is 25.7 Å². The Balaban J connectivity index is 1.83. The van der Waals surface area contributed by atoms with E-state index in [9.17, 15) is 33.9 Å². The van der Waals surface area contributed by atoms with Crippen LogP contribution in [0.3, 0.4) is 0 Å². The Morgan fingerprint density at radius 3 is 2.23 bits per heavy atom. The van der Waals surface area contributed by atoms with Gasteiger partial charge in [0.1, 0.15) is 12.1 Å². The Hall–Kier alpha value is -5.31. The van der Waals surface area contributed by atoms with Gasteiger partial charge in [-0.2, -0.15) is 4.98 Å². The number of nitrogens with one attached hydrogen (secondary N) is 1. The lowest BCUT2D eigenvalue weighted by Crippen LogP contribution is -2.49. The molecule has 228 valence electrons. The lowest BCUT2D eigenvalue weighted by molar-refractivity contribution is -0.149. The van der Waals surface area contributed by atoms with Gasteiger partial charge in [-0.3, -0.25) is 33.9 Å². The SMILES string of the molecule is COc1nc2ccc(CN(C)c3ccc(C(=O)N(C(=O)CC[C@H](N)C(=O)O)[C@H](CCC(=O)O)C(=O)O)cc3)cc2c(=O)[nH]1. The first-order chi connectivity index (χ1) is 20.3. The summed E-state index contributed by atoms with van der Waals surface area (Å²) in [7, 11) is 3.16. The molecule has 0 aliphatic rings. The topological polar surface area (TPSA) is 234 Å². The normalized spacial score (nSPS) is 12.3. The van der Waals surface area contributed by atoms with Crippen LogP contribution in [0.5, 0.6) is 6.01 Å². The molecule has 0 aliphatic carbocycles. The molecule has 3 aromatic rings. The quantitative estimate of drug-likeness (QED) is 0.175. The Labute approximate surface area is 244 Å². The molecule has 0 fully saturated rings. The number of aliphatic carboxylic acids is 3. The van der Waals surface area contributed by atoms with E-state index in [2.05, 4.69) is 9.97 Å². The molecule has 0 saturated heterocycles. The third kappa shape index (κ3) is 8.13.